The van der Waals surface area contributed by atoms with E-state index in [1.165, 1.54) is 5.56 Å². The number of aryl methyl sites for hydroxylation is 1. The van der Waals surface area contributed by atoms with Crippen molar-refractivity contribution in [2.45, 2.75) is 33.7 Å². The van der Waals surface area contributed by atoms with Crippen LogP contribution in [-0.2, 0) is 4.79 Å². The Morgan fingerprint density at radius 3 is 2.39 bits per heavy atom. The summed E-state index contributed by atoms with van der Waals surface area (Å²) in [6, 6.07) is 8.12. The first-order chi connectivity index (χ1) is 8.47. The van der Waals surface area contributed by atoms with Crippen molar-refractivity contribution >= 4 is 5.91 Å². The standard InChI is InChI=1S/C15H24N2O/c1-10(2)14(9-16)15(18)17-12(4)13-8-6-5-7-11(13)3/h5-8,10,12,14H,9,16H2,1-4H3,(H,17,18). The van der Waals surface area contributed by atoms with Crippen molar-refractivity contribution in [3.8, 4) is 0 Å². The Hall–Kier alpha value is -1.35. The fourth-order valence-electron chi connectivity index (χ4n) is 2.15. The first kappa shape index (κ1) is 14.7. The van der Waals surface area contributed by atoms with Crippen molar-refractivity contribution in [2.75, 3.05) is 6.54 Å². The minimum atomic E-state index is -0.114. The Labute approximate surface area is 110 Å². The van der Waals surface area contributed by atoms with Crippen molar-refractivity contribution in [1.82, 2.24) is 5.32 Å². The third-order valence-electron chi connectivity index (χ3n) is 3.41. The summed E-state index contributed by atoms with van der Waals surface area (Å²) in [7, 11) is 0. The van der Waals surface area contributed by atoms with Crippen LogP contribution in [-0.4, -0.2) is 12.5 Å². The van der Waals surface area contributed by atoms with Crippen LogP contribution in [0.5, 0.6) is 0 Å². The molecule has 2 atom stereocenters. The molecular weight excluding hydrogens is 224 g/mol. The van der Waals surface area contributed by atoms with E-state index >= 15 is 0 Å². The number of rotatable bonds is 5. The van der Waals surface area contributed by atoms with Crippen LogP contribution in [0.15, 0.2) is 24.3 Å². The molecule has 0 heterocycles. The average Bonchev–Trinajstić information content (AvgIpc) is 2.29. The molecule has 3 heteroatoms. The number of nitrogens with two attached hydrogens (primary N) is 1. The Bertz CT molecular complexity index is 401. The predicted molar refractivity (Wildman–Crippen MR) is 75.1 cm³/mol. The molecule has 1 aromatic carbocycles. The number of hydrogen-bond donors (Lipinski definition) is 2. The molecule has 0 bridgehead atoms. The van der Waals surface area contributed by atoms with Gasteiger partial charge in [-0.3, -0.25) is 4.79 Å². The molecule has 0 aliphatic rings. The largest absolute Gasteiger partial charge is 0.349 e. The summed E-state index contributed by atoms with van der Waals surface area (Å²) in [5.74, 6) is 0.193. The lowest BCUT2D eigenvalue weighted by Gasteiger charge is -2.22. The topological polar surface area (TPSA) is 55.1 Å². The molecule has 0 radical (unpaired) electrons. The summed E-state index contributed by atoms with van der Waals surface area (Å²) < 4.78 is 0. The van der Waals surface area contributed by atoms with Crippen molar-refractivity contribution in [1.29, 1.82) is 0 Å². The van der Waals surface area contributed by atoms with Crippen molar-refractivity contribution in [2.24, 2.45) is 17.6 Å². The van der Waals surface area contributed by atoms with E-state index in [-0.39, 0.29) is 23.8 Å². The molecule has 2 unspecified atom stereocenters. The number of amides is 1. The van der Waals surface area contributed by atoms with E-state index in [4.69, 9.17) is 5.73 Å². The Balaban J connectivity index is 2.73. The van der Waals surface area contributed by atoms with Crippen LogP contribution in [0, 0.1) is 18.8 Å². The second-order valence-electron chi connectivity index (χ2n) is 5.17. The van der Waals surface area contributed by atoms with Crippen LogP contribution in [0.3, 0.4) is 0 Å². The SMILES string of the molecule is Cc1ccccc1C(C)NC(=O)C(CN)C(C)C. The molecule has 0 fully saturated rings. The van der Waals surface area contributed by atoms with Crippen molar-refractivity contribution in [3.63, 3.8) is 0 Å². The van der Waals surface area contributed by atoms with Gasteiger partial charge in [0.2, 0.25) is 5.91 Å². The highest BCUT2D eigenvalue weighted by Crippen LogP contribution is 2.18. The fourth-order valence-corrected chi connectivity index (χ4v) is 2.15. The lowest BCUT2D eigenvalue weighted by Crippen LogP contribution is -2.39. The van der Waals surface area contributed by atoms with Gasteiger partial charge in [-0.25, -0.2) is 0 Å². The van der Waals surface area contributed by atoms with Gasteiger partial charge in [0.25, 0.3) is 0 Å². The quantitative estimate of drug-likeness (QED) is 0.840. The number of carbonyl (C=O) groups is 1. The van der Waals surface area contributed by atoms with Crippen molar-refractivity contribution in [3.05, 3.63) is 35.4 Å². The molecule has 0 aliphatic heterocycles. The smallest absolute Gasteiger partial charge is 0.225 e. The van der Waals surface area contributed by atoms with E-state index in [9.17, 15) is 4.79 Å². The highest BCUT2D eigenvalue weighted by molar-refractivity contribution is 5.79. The second kappa shape index (κ2) is 6.55. The van der Waals surface area contributed by atoms with Gasteiger partial charge in [-0.2, -0.15) is 0 Å². The van der Waals surface area contributed by atoms with Crippen LogP contribution in [0.2, 0.25) is 0 Å². The molecule has 0 aromatic heterocycles. The zero-order chi connectivity index (χ0) is 13.7. The predicted octanol–water partition coefficient (Wildman–Crippen LogP) is 2.40. The summed E-state index contributed by atoms with van der Waals surface area (Å²) >= 11 is 0. The zero-order valence-electron chi connectivity index (χ0n) is 11.7. The molecule has 100 valence electrons. The van der Waals surface area contributed by atoms with Gasteiger partial charge < -0.3 is 11.1 Å². The fraction of sp³-hybridized carbons (Fsp3) is 0.533. The molecule has 3 N–H and O–H groups in total. The van der Waals surface area contributed by atoms with Gasteiger partial charge in [0.05, 0.1) is 12.0 Å². The Kier molecular flexibility index (Phi) is 5.35. The Morgan fingerprint density at radius 1 is 1.28 bits per heavy atom. The Morgan fingerprint density at radius 2 is 1.89 bits per heavy atom. The van der Waals surface area contributed by atoms with E-state index in [0.29, 0.717) is 6.54 Å². The third-order valence-corrected chi connectivity index (χ3v) is 3.41. The van der Waals surface area contributed by atoms with Gasteiger partial charge in [0.1, 0.15) is 0 Å². The van der Waals surface area contributed by atoms with Gasteiger partial charge in [0.15, 0.2) is 0 Å². The van der Waals surface area contributed by atoms with Gasteiger partial charge in [-0.05, 0) is 30.9 Å². The lowest BCUT2D eigenvalue weighted by molar-refractivity contribution is -0.126. The molecule has 18 heavy (non-hydrogen) atoms. The van der Waals surface area contributed by atoms with Crippen LogP contribution in [0.1, 0.15) is 37.9 Å². The van der Waals surface area contributed by atoms with Gasteiger partial charge in [-0.15, -0.1) is 0 Å². The van der Waals surface area contributed by atoms with Crippen LogP contribution >= 0.6 is 0 Å². The number of hydrogen-bond acceptors (Lipinski definition) is 2. The third kappa shape index (κ3) is 3.57. The molecule has 0 saturated carbocycles. The average molecular weight is 248 g/mol. The maximum atomic E-state index is 12.1. The first-order valence-electron chi connectivity index (χ1n) is 6.53. The van der Waals surface area contributed by atoms with E-state index in [1.54, 1.807) is 0 Å². The summed E-state index contributed by atoms with van der Waals surface area (Å²) in [6.45, 7) is 8.50. The molecular formula is C15H24N2O. The minimum absolute atomic E-state index is 0.0199. The van der Waals surface area contributed by atoms with E-state index in [0.717, 1.165) is 5.56 Å². The van der Waals surface area contributed by atoms with Gasteiger partial charge in [0, 0.05) is 6.54 Å². The number of benzene rings is 1. The number of nitrogens with one attached hydrogen (secondary N) is 1. The summed E-state index contributed by atoms with van der Waals surface area (Å²) in [5.41, 5.74) is 8.01. The van der Waals surface area contributed by atoms with Crippen LogP contribution in [0.25, 0.3) is 0 Å². The lowest BCUT2D eigenvalue weighted by atomic mass is 9.94. The van der Waals surface area contributed by atoms with E-state index in [1.807, 2.05) is 39.0 Å². The minimum Gasteiger partial charge on any atom is -0.349 e. The number of carbonyl (C=O) groups excluding carboxylic acids is 1. The van der Waals surface area contributed by atoms with Gasteiger partial charge >= 0.3 is 0 Å². The molecule has 3 nitrogen and oxygen atoms in total. The van der Waals surface area contributed by atoms with E-state index < -0.39 is 0 Å². The van der Waals surface area contributed by atoms with E-state index in [2.05, 4.69) is 18.3 Å². The normalized spacial score (nSPS) is 14.3. The summed E-state index contributed by atoms with van der Waals surface area (Å²) in [4.78, 5) is 12.1. The molecule has 0 saturated heterocycles. The monoisotopic (exact) mass is 248 g/mol. The molecule has 0 aliphatic carbocycles. The van der Waals surface area contributed by atoms with Crippen LogP contribution in [0.4, 0.5) is 0 Å². The molecule has 1 rings (SSSR count). The molecule has 1 aromatic rings. The molecule has 1 amide bonds. The highest BCUT2D eigenvalue weighted by atomic mass is 16.2. The molecule has 0 spiro atoms. The van der Waals surface area contributed by atoms with Gasteiger partial charge in [-0.1, -0.05) is 38.1 Å². The highest BCUT2D eigenvalue weighted by Gasteiger charge is 2.22. The first-order valence-corrected chi connectivity index (χ1v) is 6.53. The maximum absolute atomic E-state index is 12.1. The maximum Gasteiger partial charge on any atom is 0.225 e. The van der Waals surface area contributed by atoms with Crippen molar-refractivity contribution < 1.29 is 4.79 Å². The van der Waals surface area contributed by atoms with Crippen LogP contribution < -0.4 is 11.1 Å². The second-order valence-corrected chi connectivity index (χ2v) is 5.17. The zero-order valence-corrected chi connectivity index (χ0v) is 11.7. The summed E-state index contributed by atoms with van der Waals surface area (Å²) in [5, 5.41) is 3.05. The summed E-state index contributed by atoms with van der Waals surface area (Å²) in [6.07, 6.45) is 0.